The van der Waals surface area contributed by atoms with Crippen LogP contribution >= 0.6 is 0 Å². The lowest BCUT2D eigenvalue weighted by molar-refractivity contribution is 0.714. The molecule has 1 aromatic heterocycles. The van der Waals surface area contributed by atoms with Crippen molar-refractivity contribution in [3.05, 3.63) is 48.3 Å². The number of hydrogen-bond acceptors (Lipinski definition) is 2. The number of aryl methyl sites for hydroxylation is 1. The van der Waals surface area contributed by atoms with Gasteiger partial charge in [-0.25, -0.2) is 9.97 Å². The first-order chi connectivity index (χ1) is 8.40. The molecule has 2 aromatic rings. The van der Waals surface area contributed by atoms with Crippen LogP contribution in [0, 0.1) is 0 Å². The normalized spacial score (nSPS) is 10.4. The average Bonchev–Trinajstić information content (AvgIpc) is 2.41. The molecule has 0 N–H and O–H groups in total. The van der Waals surface area contributed by atoms with Crippen LogP contribution in [0.15, 0.2) is 42.7 Å². The van der Waals surface area contributed by atoms with E-state index in [9.17, 15) is 0 Å². The van der Waals surface area contributed by atoms with Crippen LogP contribution in [0.2, 0.25) is 0 Å². The summed E-state index contributed by atoms with van der Waals surface area (Å²) in [6, 6.07) is 10.1. The zero-order valence-corrected chi connectivity index (χ0v) is 10.3. The molecule has 0 saturated carbocycles. The molecule has 2 nitrogen and oxygen atoms in total. The topological polar surface area (TPSA) is 25.8 Å². The Morgan fingerprint density at radius 1 is 0.941 bits per heavy atom. The van der Waals surface area contributed by atoms with Gasteiger partial charge >= 0.3 is 0 Å². The minimum Gasteiger partial charge on any atom is -0.236 e. The molecule has 1 aromatic carbocycles. The van der Waals surface area contributed by atoms with Crippen LogP contribution in [0.5, 0.6) is 0 Å². The molecule has 1 heterocycles. The van der Waals surface area contributed by atoms with E-state index in [-0.39, 0.29) is 0 Å². The first kappa shape index (κ1) is 11.8. The molecular formula is C15H18N2. The monoisotopic (exact) mass is 226 g/mol. The summed E-state index contributed by atoms with van der Waals surface area (Å²) in [7, 11) is 0. The quantitative estimate of drug-likeness (QED) is 0.723. The predicted octanol–water partition coefficient (Wildman–Crippen LogP) is 3.88. The van der Waals surface area contributed by atoms with E-state index in [4.69, 9.17) is 0 Å². The van der Waals surface area contributed by atoms with E-state index >= 15 is 0 Å². The molecule has 0 aliphatic rings. The van der Waals surface area contributed by atoms with Gasteiger partial charge < -0.3 is 0 Å². The Morgan fingerprint density at radius 2 is 1.65 bits per heavy atom. The van der Waals surface area contributed by atoms with Gasteiger partial charge in [-0.3, -0.25) is 0 Å². The summed E-state index contributed by atoms with van der Waals surface area (Å²) in [5.41, 5.74) is 2.31. The molecule has 0 aliphatic carbocycles. The van der Waals surface area contributed by atoms with Gasteiger partial charge in [-0.15, -0.1) is 0 Å². The maximum Gasteiger partial charge on any atom is 0.159 e. The molecule has 2 heteroatoms. The van der Waals surface area contributed by atoms with E-state index in [0.29, 0.717) is 0 Å². The van der Waals surface area contributed by atoms with Crippen LogP contribution < -0.4 is 0 Å². The first-order valence-electron chi connectivity index (χ1n) is 6.26. The number of benzene rings is 1. The summed E-state index contributed by atoms with van der Waals surface area (Å²) in [6.45, 7) is 2.22. The first-order valence-corrected chi connectivity index (χ1v) is 6.26. The van der Waals surface area contributed by atoms with E-state index in [2.05, 4.69) is 16.9 Å². The summed E-state index contributed by atoms with van der Waals surface area (Å²) in [6.07, 6.45) is 8.74. The average molecular weight is 226 g/mol. The fraction of sp³-hybridized carbons (Fsp3) is 0.333. The maximum absolute atomic E-state index is 4.42. The van der Waals surface area contributed by atoms with Crippen LogP contribution in [-0.2, 0) is 6.42 Å². The highest BCUT2D eigenvalue weighted by Gasteiger charge is 2.00. The highest BCUT2D eigenvalue weighted by Crippen LogP contribution is 2.13. The van der Waals surface area contributed by atoms with Gasteiger partial charge in [0.15, 0.2) is 5.82 Å². The molecule has 0 spiro atoms. The van der Waals surface area contributed by atoms with E-state index in [1.54, 1.807) is 0 Å². The van der Waals surface area contributed by atoms with E-state index in [1.165, 1.54) is 24.8 Å². The second kappa shape index (κ2) is 6.14. The summed E-state index contributed by atoms with van der Waals surface area (Å²) < 4.78 is 0. The summed E-state index contributed by atoms with van der Waals surface area (Å²) in [5.74, 6) is 0.810. The third-order valence-electron chi connectivity index (χ3n) is 2.81. The Kier molecular flexibility index (Phi) is 4.25. The fourth-order valence-electron chi connectivity index (χ4n) is 1.80. The third kappa shape index (κ3) is 3.38. The Balaban J connectivity index is 2.03. The highest BCUT2D eigenvalue weighted by molar-refractivity contribution is 5.53. The third-order valence-corrected chi connectivity index (χ3v) is 2.81. The van der Waals surface area contributed by atoms with Crippen LogP contribution in [-0.4, -0.2) is 9.97 Å². The molecule has 0 bridgehead atoms. The second-order valence-corrected chi connectivity index (χ2v) is 4.24. The van der Waals surface area contributed by atoms with Gasteiger partial charge in [0.1, 0.15) is 0 Å². The molecule has 0 aliphatic heterocycles. The molecular weight excluding hydrogens is 208 g/mol. The standard InChI is InChI=1S/C15H18N2/c1-2-3-5-8-13-11-16-15(17-12-13)14-9-6-4-7-10-14/h4,6-7,9-12H,2-3,5,8H2,1H3. The van der Waals surface area contributed by atoms with Crippen molar-refractivity contribution in [3.8, 4) is 11.4 Å². The van der Waals surface area contributed by atoms with Gasteiger partial charge in [0.25, 0.3) is 0 Å². The van der Waals surface area contributed by atoms with Crippen LogP contribution in [0.3, 0.4) is 0 Å². The van der Waals surface area contributed by atoms with E-state index < -0.39 is 0 Å². The Hall–Kier alpha value is -1.70. The van der Waals surface area contributed by atoms with Crippen molar-refractivity contribution in [2.75, 3.05) is 0 Å². The summed E-state index contributed by atoms with van der Waals surface area (Å²) in [4.78, 5) is 8.83. The van der Waals surface area contributed by atoms with Crippen molar-refractivity contribution in [2.24, 2.45) is 0 Å². The van der Waals surface area contributed by atoms with Gasteiger partial charge in [-0.2, -0.15) is 0 Å². The highest BCUT2D eigenvalue weighted by atomic mass is 14.9. The molecule has 0 radical (unpaired) electrons. The van der Waals surface area contributed by atoms with Crippen molar-refractivity contribution in [3.63, 3.8) is 0 Å². The number of hydrogen-bond donors (Lipinski definition) is 0. The summed E-state index contributed by atoms with van der Waals surface area (Å²) >= 11 is 0. The minimum atomic E-state index is 0.810. The van der Waals surface area contributed by atoms with Crippen LogP contribution in [0.25, 0.3) is 11.4 Å². The van der Waals surface area contributed by atoms with Crippen LogP contribution in [0.1, 0.15) is 31.7 Å². The molecule has 2 rings (SSSR count). The van der Waals surface area contributed by atoms with E-state index in [0.717, 1.165) is 17.8 Å². The number of aromatic nitrogens is 2. The minimum absolute atomic E-state index is 0.810. The molecule has 0 amide bonds. The van der Waals surface area contributed by atoms with Crippen molar-refractivity contribution in [1.29, 1.82) is 0 Å². The molecule has 0 fully saturated rings. The number of rotatable bonds is 5. The largest absolute Gasteiger partial charge is 0.236 e. The number of unbranched alkanes of at least 4 members (excludes halogenated alkanes) is 2. The van der Waals surface area contributed by atoms with Gasteiger partial charge in [0.05, 0.1) is 0 Å². The van der Waals surface area contributed by atoms with Crippen molar-refractivity contribution < 1.29 is 0 Å². The lowest BCUT2D eigenvalue weighted by Crippen LogP contribution is -1.92. The fourth-order valence-corrected chi connectivity index (χ4v) is 1.80. The molecule has 88 valence electrons. The second-order valence-electron chi connectivity index (χ2n) is 4.24. The number of nitrogens with zero attached hydrogens (tertiary/aromatic N) is 2. The Labute approximate surface area is 103 Å². The Bertz CT molecular complexity index is 434. The molecule has 17 heavy (non-hydrogen) atoms. The lowest BCUT2D eigenvalue weighted by Gasteiger charge is -2.02. The van der Waals surface area contributed by atoms with E-state index in [1.807, 2.05) is 42.7 Å². The van der Waals surface area contributed by atoms with Gasteiger partial charge in [-0.1, -0.05) is 50.1 Å². The van der Waals surface area contributed by atoms with Crippen molar-refractivity contribution in [1.82, 2.24) is 9.97 Å². The lowest BCUT2D eigenvalue weighted by atomic mass is 10.1. The van der Waals surface area contributed by atoms with Gasteiger partial charge in [-0.05, 0) is 18.4 Å². The van der Waals surface area contributed by atoms with Crippen molar-refractivity contribution >= 4 is 0 Å². The molecule has 0 atom stereocenters. The smallest absolute Gasteiger partial charge is 0.159 e. The maximum atomic E-state index is 4.42. The van der Waals surface area contributed by atoms with Crippen molar-refractivity contribution in [2.45, 2.75) is 32.6 Å². The molecule has 0 saturated heterocycles. The zero-order chi connectivity index (χ0) is 11.9. The van der Waals surface area contributed by atoms with Crippen LogP contribution in [0.4, 0.5) is 0 Å². The zero-order valence-electron chi connectivity index (χ0n) is 10.3. The SMILES string of the molecule is CCCCCc1cnc(-c2ccccc2)nc1. The van der Waals surface area contributed by atoms with Gasteiger partial charge in [0, 0.05) is 18.0 Å². The summed E-state index contributed by atoms with van der Waals surface area (Å²) in [5, 5.41) is 0. The molecule has 0 unspecified atom stereocenters. The van der Waals surface area contributed by atoms with Gasteiger partial charge in [0.2, 0.25) is 0 Å². The predicted molar refractivity (Wildman–Crippen MR) is 70.7 cm³/mol. The Morgan fingerprint density at radius 3 is 2.29 bits per heavy atom.